The summed E-state index contributed by atoms with van der Waals surface area (Å²) in [4.78, 5) is 13.6. The maximum Gasteiger partial charge on any atom is 0.352 e. The Hall–Kier alpha value is -2.55. The number of nitrogens with one attached hydrogen (secondary N) is 1. The average molecular weight is 265 g/mol. The smallest absolute Gasteiger partial charge is 0.352 e. The SMILES string of the molecule is O=C(O)c1cc(CCc2ccc3ccccc3c2)c[nH]1. The Balaban J connectivity index is 1.74. The number of carbonyl (C=O) groups is 1. The summed E-state index contributed by atoms with van der Waals surface area (Å²) in [5.41, 5.74) is 2.54. The molecule has 100 valence electrons. The van der Waals surface area contributed by atoms with E-state index in [1.165, 1.54) is 16.3 Å². The second kappa shape index (κ2) is 5.21. The van der Waals surface area contributed by atoms with Crippen LogP contribution in [-0.2, 0) is 12.8 Å². The molecule has 2 N–H and O–H groups in total. The van der Waals surface area contributed by atoms with Crippen molar-refractivity contribution in [3.05, 3.63) is 71.5 Å². The van der Waals surface area contributed by atoms with Crippen LogP contribution in [-0.4, -0.2) is 16.1 Å². The number of fused-ring (bicyclic) bond motifs is 1. The van der Waals surface area contributed by atoms with E-state index >= 15 is 0 Å². The molecule has 0 radical (unpaired) electrons. The van der Waals surface area contributed by atoms with Gasteiger partial charge in [0, 0.05) is 6.20 Å². The lowest BCUT2D eigenvalue weighted by atomic mass is 10.0. The molecular formula is C17H15NO2. The average Bonchev–Trinajstić information content (AvgIpc) is 2.94. The van der Waals surface area contributed by atoms with Crippen molar-refractivity contribution in [2.24, 2.45) is 0 Å². The molecule has 2 aromatic carbocycles. The van der Waals surface area contributed by atoms with Gasteiger partial charge in [0.1, 0.15) is 5.69 Å². The molecule has 0 bridgehead atoms. The highest BCUT2D eigenvalue weighted by Crippen LogP contribution is 2.17. The second-order valence-corrected chi connectivity index (χ2v) is 4.91. The highest BCUT2D eigenvalue weighted by atomic mass is 16.4. The van der Waals surface area contributed by atoms with Gasteiger partial charge in [0.15, 0.2) is 0 Å². The van der Waals surface area contributed by atoms with Crippen molar-refractivity contribution in [2.75, 3.05) is 0 Å². The minimum atomic E-state index is -0.915. The van der Waals surface area contributed by atoms with Crippen molar-refractivity contribution in [1.29, 1.82) is 0 Å². The van der Waals surface area contributed by atoms with Gasteiger partial charge in [-0.2, -0.15) is 0 Å². The number of aromatic carboxylic acids is 1. The maximum atomic E-state index is 10.8. The zero-order valence-corrected chi connectivity index (χ0v) is 11.0. The second-order valence-electron chi connectivity index (χ2n) is 4.91. The molecule has 0 aliphatic carbocycles. The predicted molar refractivity (Wildman–Crippen MR) is 79.1 cm³/mol. The number of H-pyrrole nitrogens is 1. The Morgan fingerprint density at radius 3 is 2.45 bits per heavy atom. The van der Waals surface area contributed by atoms with Gasteiger partial charge < -0.3 is 10.1 Å². The number of aromatic nitrogens is 1. The van der Waals surface area contributed by atoms with E-state index in [1.807, 2.05) is 12.1 Å². The lowest BCUT2D eigenvalue weighted by Gasteiger charge is -2.03. The number of rotatable bonds is 4. The first-order valence-electron chi connectivity index (χ1n) is 6.60. The van der Waals surface area contributed by atoms with Crippen molar-refractivity contribution < 1.29 is 9.90 Å². The molecule has 0 saturated heterocycles. The normalized spacial score (nSPS) is 10.8. The summed E-state index contributed by atoms with van der Waals surface area (Å²) in [6, 6.07) is 16.4. The number of aryl methyl sites for hydroxylation is 2. The lowest BCUT2D eigenvalue weighted by Crippen LogP contribution is -1.95. The molecule has 1 heterocycles. The predicted octanol–water partition coefficient (Wildman–Crippen LogP) is 3.65. The first kappa shape index (κ1) is 12.5. The molecule has 3 nitrogen and oxygen atoms in total. The summed E-state index contributed by atoms with van der Waals surface area (Å²) in [6.45, 7) is 0. The van der Waals surface area contributed by atoms with Gasteiger partial charge >= 0.3 is 5.97 Å². The molecular weight excluding hydrogens is 250 g/mol. The van der Waals surface area contributed by atoms with E-state index in [1.54, 1.807) is 12.3 Å². The Kier molecular flexibility index (Phi) is 3.25. The van der Waals surface area contributed by atoms with E-state index in [0.717, 1.165) is 18.4 Å². The standard InChI is InChI=1S/C17H15NO2/c19-17(20)16-10-13(11-18-16)6-5-12-7-8-14-3-1-2-4-15(14)9-12/h1-4,7-11,18H,5-6H2,(H,19,20). The van der Waals surface area contributed by atoms with E-state index in [0.29, 0.717) is 0 Å². The van der Waals surface area contributed by atoms with Crippen LogP contribution in [0.4, 0.5) is 0 Å². The van der Waals surface area contributed by atoms with E-state index in [2.05, 4.69) is 35.3 Å². The lowest BCUT2D eigenvalue weighted by molar-refractivity contribution is 0.0691. The quantitative estimate of drug-likeness (QED) is 0.756. The fourth-order valence-electron chi connectivity index (χ4n) is 2.39. The fourth-order valence-corrected chi connectivity index (χ4v) is 2.39. The molecule has 0 fully saturated rings. The molecule has 3 heteroatoms. The number of carboxylic acids is 1. The van der Waals surface area contributed by atoms with Gasteiger partial charge in [-0.05, 0) is 40.8 Å². The van der Waals surface area contributed by atoms with Gasteiger partial charge in [-0.15, -0.1) is 0 Å². The van der Waals surface area contributed by atoms with Crippen LogP contribution in [0.3, 0.4) is 0 Å². The Labute approximate surface area is 116 Å². The van der Waals surface area contributed by atoms with Crippen LogP contribution in [0.25, 0.3) is 10.8 Å². The minimum absolute atomic E-state index is 0.249. The Bertz CT molecular complexity index is 758. The van der Waals surface area contributed by atoms with E-state index in [4.69, 9.17) is 5.11 Å². The molecule has 0 saturated carbocycles. The molecule has 0 aliphatic rings. The first-order valence-corrected chi connectivity index (χ1v) is 6.60. The number of carboxylic acid groups (broad SMARTS) is 1. The highest BCUT2D eigenvalue weighted by Gasteiger charge is 2.06. The highest BCUT2D eigenvalue weighted by molar-refractivity contribution is 5.85. The summed E-state index contributed by atoms with van der Waals surface area (Å²) < 4.78 is 0. The molecule has 0 atom stereocenters. The number of hydrogen-bond donors (Lipinski definition) is 2. The third-order valence-electron chi connectivity index (χ3n) is 3.49. The minimum Gasteiger partial charge on any atom is -0.477 e. The largest absolute Gasteiger partial charge is 0.477 e. The monoisotopic (exact) mass is 265 g/mol. The van der Waals surface area contributed by atoms with E-state index in [9.17, 15) is 4.79 Å². The third kappa shape index (κ3) is 2.57. The van der Waals surface area contributed by atoms with Crippen LogP contribution in [0.2, 0.25) is 0 Å². The van der Waals surface area contributed by atoms with Crippen LogP contribution in [0.15, 0.2) is 54.7 Å². The van der Waals surface area contributed by atoms with Crippen LogP contribution in [0.1, 0.15) is 21.6 Å². The van der Waals surface area contributed by atoms with Crippen LogP contribution >= 0.6 is 0 Å². The summed E-state index contributed by atoms with van der Waals surface area (Å²) in [7, 11) is 0. The first-order chi connectivity index (χ1) is 9.72. The van der Waals surface area contributed by atoms with Crippen molar-refractivity contribution in [1.82, 2.24) is 4.98 Å². The van der Waals surface area contributed by atoms with Gasteiger partial charge in [0.05, 0.1) is 0 Å². The summed E-state index contributed by atoms with van der Waals surface area (Å²) >= 11 is 0. The van der Waals surface area contributed by atoms with Crippen molar-refractivity contribution in [3.63, 3.8) is 0 Å². The van der Waals surface area contributed by atoms with Crippen molar-refractivity contribution >= 4 is 16.7 Å². The maximum absolute atomic E-state index is 10.8. The molecule has 0 spiro atoms. The van der Waals surface area contributed by atoms with Crippen LogP contribution in [0, 0.1) is 0 Å². The van der Waals surface area contributed by atoms with E-state index < -0.39 is 5.97 Å². The van der Waals surface area contributed by atoms with Gasteiger partial charge in [-0.25, -0.2) is 4.79 Å². The number of aromatic amines is 1. The van der Waals surface area contributed by atoms with Gasteiger partial charge in [0.2, 0.25) is 0 Å². The van der Waals surface area contributed by atoms with Crippen molar-refractivity contribution in [3.8, 4) is 0 Å². The summed E-state index contributed by atoms with van der Waals surface area (Å²) in [5.74, 6) is -0.915. The zero-order chi connectivity index (χ0) is 13.9. The molecule has 3 aromatic rings. The molecule has 0 unspecified atom stereocenters. The summed E-state index contributed by atoms with van der Waals surface area (Å²) in [5, 5.41) is 11.4. The van der Waals surface area contributed by atoms with Gasteiger partial charge in [0.25, 0.3) is 0 Å². The third-order valence-corrected chi connectivity index (χ3v) is 3.49. The fraction of sp³-hybridized carbons (Fsp3) is 0.118. The number of benzene rings is 2. The van der Waals surface area contributed by atoms with Gasteiger partial charge in [-0.3, -0.25) is 0 Å². The molecule has 0 amide bonds. The summed E-state index contributed by atoms with van der Waals surface area (Å²) in [6.07, 6.45) is 3.51. The van der Waals surface area contributed by atoms with Crippen molar-refractivity contribution in [2.45, 2.75) is 12.8 Å². The Morgan fingerprint density at radius 1 is 0.950 bits per heavy atom. The molecule has 20 heavy (non-hydrogen) atoms. The van der Waals surface area contributed by atoms with Gasteiger partial charge in [-0.1, -0.05) is 42.5 Å². The molecule has 3 rings (SSSR count). The van der Waals surface area contributed by atoms with Crippen LogP contribution in [0.5, 0.6) is 0 Å². The van der Waals surface area contributed by atoms with E-state index in [-0.39, 0.29) is 5.69 Å². The van der Waals surface area contributed by atoms with Crippen LogP contribution < -0.4 is 0 Å². The molecule has 1 aromatic heterocycles. The number of hydrogen-bond acceptors (Lipinski definition) is 1. The zero-order valence-electron chi connectivity index (χ0n) is 11.0. The molecule has 0 aliphatic heterocycles. The Morgan fingerprint density at radius 2 is 1.70 bits per heavy atom. The topological polar surface area (TPSA) is 53.1 Å².